The summed E-state index contributed by atoms with van der Waals surface area (Å²) < 4.78 is 5.31. The largest absolute Gasteiger partial charge is 0.379 e. The lowest BCUT2D eigenvalue weighted by Crippen LogP contribution is -2.38. The van der Waals surface area contributed by atoms with Gasteiger partial charge in [-0.05, 0) is 32.4 Å². The first-order valence-electron chi connectivity index (χ1n) is 5.79. The third kappa shape index (κ3) is 3.23. The van der Waals surface area contributed by atoms with Crippen molar-refractivity contribution in [2.75, 3.05) is 52.5 Å². The number of morpholine rings is 1. The number of nitrogens with zero attached hydrogens (tertiary/aromatic N) is 2. The minimum atomic E-state index is 0.914. The van der Waals surface area contributed by atoms with Gasteiger partial charge >= 0.3 is 0 Å². The van der Waals surface area contributed by atoms with Crippen molar-refractivity contribution in [2.45, 2.75) is 12.8 Å². The molecule has 2 saturated heterocycles. The fourth-order valence-electron chi connectivity index (χ4n) is 2.17. The van der Waals surface area contributed by atoms with Crippen LogP contribution < -0.4 is 0 Å². The smallest absolute Gasteiger partial charge is 0.0594 e. The average Bonchev–Trinajstić information content (AvgIpc) is 2.72. The second-order valence-corrected chi connectivity index (χ2v) is 4.21. The molecule has 0 bridgehead atoms. The van der Waals surface area contributed by atoms with Crippen LogP contribution in [0.3, 0.4) is 0 Å². The van der Waals surface area contributed by atoms with E-state index in [1.54, 1.807) is 0 Å². The average molecular weight is 197 g/mol. The van der Waals surface area contributed by atoms with Gasteiger partial charge in [-0.3, -0.25) is 4.90 Å². The molecule has 3 heteroatoms. The molecule has 0 aromatic heterocycles. The van der Waals surface area contributed by atoms with Gasteiger partial charge in [0.1, 0.15) is 0 Å². The standard InChI is InChI=1S/C11H21N2O/c1-2-5-12(4-1)6-3-7-13-8-10-14-11-9-13/h3H,1-2,4-11H2. The molecule has 2 rings (SSSR count). The lowest BCUT2D eigenvalue weighted by molar-refractivity contribution is 0.0411. The molecule has 2 aliphatic rings. The van der Waals surface area contributed by atoms with Crippen molar-refractivity contribution in [1.82, 2.24) is 9.80 Å². The van der Waals surface area contributed by atoms with Crippen LogP contribution in [0.4, 0.5) is 0 Å². The molecule has 3 nitrogen and oxygen atoms in total. The Kier molecular flexibility index (Phi) is 4.22. The molecule has 0 unspecified atom stereocenters. The fourth-order valence-corrected chi connectivity index (χ4v) is 2.17. The Bertz CT molecular complexity index is 151. The monoisotopic (exact) mass is 197 g/mol. The number of rotatable bonds is 4. The summed E-state index contributed by atoms with van der Waals surface area (Å²) in [5.41, 5.74) is 0. The van der Waals surface area contributed by atoms with Crippen molar-refractivity contribution < 1.29 is 4.74 Å². The molecule has 0 saturated carbocycles. The molecule has 0 N–H and O–H groups in total. The van der Waals surface area contributed by atoms with E-state index >= 15 is 0 Å². The van der Waals surface area contributed by atoms with Crippen molar-refractivity contribution in [3.63, 3.8) is 0 Å². The van der Waals surface area contributed by atoms with E-state index in [2.05, 4.69) is 16.2 Å². The maximum absolute atomic E-state index is 5.31. The van der Waals surface area contributed by atoms with Crippen LogP contribution in [0.5, 0.6) is 0 Å². The third-order valence-electron chi connectivity index (χ3n) is 3.08. The molecule has 2 aliphatic heterocycles. The normalized spacial score (nSPS) is 25.7. The minimum absolute atomic E-state index is 0.914. The molecule has 0 aromatic carbocycles. The molecule has 0 aromatic rings. The van der Waals surface area contributed by atoms with Crippen LogP contribution in [-0.4, -0.2) is 62.3 Å². The zero-order valence-electron chi connectivity index (χ0n) is 8.95. The second-order valence-electron chi connectivity index (χ2n) is 4.21. The molecule has 1 radical (unpaired) electrons. The molecule has 0 amide bonds. The SMILES string of the molecule is [CH](CN1CCCC1)CN1CCOCC1. The highest BCUT2D eigenvalue weighted by Gasteiger charge is 2.13. The van der Waals surface area contributed by atoms with Crippen LogP contribution >= 0.6 is 0 Å². The van der Waals surface area contributed by atoms with Crippen molar-refractivity contribution >= 4 is 0 Å². The summed E-state index contributed by atoms with van der Waals surface area (Å²) >= 11 is 0. The van der Waals surface area contributed by atoms with Crippen LogP contribution in [0, 0.1) is 6.42 Å². The maximum atomic E-state index is 5.31. The highest BCUT2D eigenvalue weighted by molar-refractivity contribution is 4.79. The summed E-state index contributed by atoms with van der Waals surface area (Å²) in [4.78, 5) is 5.01. The van der Waals surface area contributed by atoms with Gasteiger partial charge in [-0.25, -0.2) is 0 Å². The van der Waals surface area contributed by atoms with Gasteiger partial charge in [0.15, 0.2) is 0 Å². The fraction of sp³-hybridized carbons (Fsp3) is 0.909. The lowest BCUT2D eigenvalue weighted by Gasteiger charge is -2.27. The first kappa shape index (κ1) is 10.4. The van der Waals surface area contributed by atoms with Gasteiger partial charge < -0.3 is 9.64 Å². The van der Waals surface area contributed by atoms with Gasteiger partial charge in [-0.1, -0.05) is 0 Å². The van der Waals surface area contributed by atoms with Crippen LogP contribution in [0.1, 0.15) is 12.8 Å². The topological polar surface area (TPSA) is 15.7 Å². The minimum Gasteiger partial charge on any atom is -0.379 e. The molecule has 81 valence electrons. The van der Waals surface area contributed by atoms with Crippen LogP contribution in [0.15, 0.2) is 0 Å². The number of hydrogen-bond donors (Lipinski definition) is 0. The zero-order valence-corrected chi connectivity index (χ0v) is 8.95. The third-order valence-corrected chi connectivity index (χ3v) is 3.08. The Labute approximate surface area is 87.0 Å². The Morgan fingerprint density at radius 1 is 0.857 bits per heavy atom. The number of ether oxygens (including phenoxy) is 1. The molecule has 0 atom stereocenters. The van der Waals surface area contributed by atoms with E-state index in [0.29, 0.717) is 0 Å². The molecule has 0 spiro atoms. The van der Waals surface area contributed by atoms with E-state index in [4.69, 9.17) is 4.74 Å². The van der Waals surface area contributed by atoms with Crippen LogP contribution in [-0.2, 0) is 4.74 Å². The number of likely N-dealkylation sites (tertiary alicyclic amines) is 1. The predicted molar refractivity (Wildman–Crippen MR) is 57.2 cm³/mol. The summed E-state index contributed by atoms with van der Waals surface area (Å²) in [6, 6.07) is 0. The summed E-state index contributed by atoms with van der Waals surface area (Å²) in [5.74, 6) is 0. The predicted octanol–water partition coefficient (Wildman–Crippen LogP) is 0.619. The van der Waals surface area contributed by atoms with Crippen molar-refractivity contribution in [1.29, 1.82) is 0 Å². The molecule has 0 aliphatic carbocycles. The van der Waals surface area contributed by atoms with Crippen LogP contribution in [0.2, 0.25) is 0 Å². The summed E-state index contributed by atoms with van der Waals surface area (Å²) in [6.07, 6.45) is 5.20. The Morgan fingerprint density at radius 2 is 1.43 bits per heavy atom. The van der Waals surface area contributed by atoms with Gasteiger partial charge in [0.05, 0.1) is 13.2 Å². The van der Waals surface area contributed by atoms with E-state index in [1.807, 2.05) is 0 Å². The van der Waals surface area contributed by atoms with Crippen molar-refractivity contribution in [3.05, 3.63) is 6.42 Å². The first-order chi connectivity index (χ1) is 6.95. The zero-order chi connectivity index (χ0) is 9.64. The molecular weight excluding hydrogens is 176 g/mol. The Balaban J connectivity index is 1.52. The lowest BCUT2D eigenvalue weighted by atomic mass is 10.3. The Hall–Kier alpha value is -0.120. The second kappa shape index (κ2) is 5.69. The summed E-state index contributed by atoms with van der Waals surface area (Å²) in [5, 5.41) is 0. The maximum Gasteiger partial charge on any atom is 0.0594 e. The highest BCUT2D eigenvalue weighted by Crippen LogP contribution is 2.07. The van der Waals surface area contributed by atoms with E-state index in [-0.39, 0.29) is 0 Å². The van der Waals surface area contributed by atoms with Gasteiger partial charge in [-0.15, -0.1) is 0 Å². The number of hydrogen-bond acceptors (Lipinski definition) is 3. The first-order valence-corrected chi connectivity index (χ1v) is 5.79. The van der Waals surface area contributed by atoms with E-state index < -0.39 is 0 Å². The van der Waals surface area contributed by atoms with E-state index in [0.717, 1.165) is 32.8 Å². The summed E-state index contributed by atoms with van der Waals surface area (Å²) in [6.45, 7) is 8.97. The molecule has 2 heterocycles. The van der Waals surface area contributed by atoms with Crippen molar-refractivity contribution in [2.24, 2.45) is 0 Å². The molecule has 14 heavy (non-hydrogen) atoms. The van der Waals surface area contributed by atoms with Gasteiger partial charge in [0, 0.05) is 26.2 Å². The Morgan fingerprint density at radius 3 is 2.07 bits per heavy atom. The van der Waals surface area contributed by atoms with Gasteiger partial charge in [-0.2, -0.15) is 0 Å². The molecule has 2 fully saturated rings. The van der Waals surface area contributed by atoms with E-state index in [1.165, 1.54) is 32.5 Å². The van der Waals surface area contributed by atoms with Crippen molar-refractivity contribution in [3.8, 4) is 0 Å². The highest BCUT2D eigenvalue weighted by atomic mass is 16.5. The van der Waals surface area contributed by atoms with E-state index in [9.17, 15) is 0 Å². The summed E-state index contributed by atoms with van der Waals surface area (Å²) in [7, 11) is 0. The van der Waals surface area contributed by atoms with Crippen LogP contribution in [0.25, 0.3) is 0 Å². The quantitative estimate of drug-likeness (QED) is 0.657. The molecular formula is C11H21N2O. The van der Waals surface area contributed by atoms with Gasteiger partial charge in [0.25, 0.3) is 0 Å². The van der Waals surface area contributed by atoms with Gasteiger partial charge in [0.2, 0.25) is 0 Å².